The molecule has 4 rings (SSSR count). The van der Waals surface area contributed by atoms with E-state index >= 15 is 0 Å². The molecule has 1 aromatic heterocycles. The third kappa shape index (κ3) is 2.72. The summed E-state index contributed by atoms with van der Waals surface area (Å²) in [5, 5.41) is 2.16. The third-order valence-electron chi connectivity index (χ3n) is 5.76. The van der Waals surface area contributed by atoms with Gasteiger partial charge in [-0.15, -0.1) is 0 Å². The zero-order chi connectivity index (χ0) is 17.6. The lowest BCUT2D eigenvalue weighted by Gasteiger charge is -2.14. The average Bonchev–Trinajstić information content (AvgIpc) is 3.21. The van der Waals surface area contributed by atoms with Crippen molar-refractivity contribution in [1.82, 2.24) is 4.57 Å². The highest BCUT2D eigenvalue weighted by Gasteiger charge is 2.21. The Morgan fingerprint density at radius 3 is 2.60 bits per heavy atom. The summed E-state index contributed by atoms with van der Waals surface area (Å²) in [7, 11) is 0. The van der Waals surface area contributed by atoms with Crippen molar-refractivity contribution in [2.24, 2.45) is 11.7 Å². The van der Waals surface area contributed by atoms with Gasteiger partial charge in [0.1, 0.15) is 0 Å². The van der Waals surface area contributed by atoms with Crippen molar-refractivity contribution < 1.29 is 4.79 Å². The van der Waals surface area contributed by atoms with Crippen LogP contribution >= 0.6 is 0 Å². The number of benzene rings is 2. The van der Waals surface area contributed by atoms with Gasteiger partial charge in [-0.25, -0.2) is 0 Å². The highest BCUT2D eigenvalue weighted by molar-refractivity contribution is 6.17. The van der Waals surface area contributed by atoms with Crippen LogP contribution < -0.4 is 5.73 Å². The van der Waals surface area contributed by atoms with Crippen molar-refractivity contribution in [2.45, 2.75) is 52.0 Å². The number of carbonyl (C=O) groups excluding carboxylic acids is 1. The van der Waals surface area contributed by atoms with Gasteiger partial charge >= 0.3 is 0 Å². The standard InChI is InChI=1S/C22H26N2O/c1-14(2)16-10-11-17-20(12-16)24(13-15-6-3-4-7-15)19-9-5-8-18(21(17)19)22(23)25/h5,8-12,14-15H,3-4,6-7,13H2,1-2H3,(H2,23,25). The zero-order valence-electron chi connectivity index (χ0n) is 15.1. The van der Waals surface area contributed by atoms with Crippen molar-refractivity contribution >= 4 is 27.7 Å². The molecule has 3 nitrogen and oxygen atoms in total. The lowest BCUT2D eigenvalue weighted by Crippen LogP contribution is -2.11. The first kappa shape index (κ1) is 16.2. The van der Waals surface area contributed by atoms with E-state index in [1.54, 1.807) is 0 Å². The van der Waals surface area contributed by atoms with E-state index in [1.165, 1.54) is 36.8 Å². The maximum absolute atomic E-state index is 12.0. The molecule has 0 radical (unpaired) electrons. The summed E-state index contributed by atoms with van der Waals surface area (Å²) < 4.78 is 2.43. The van der Waals surface area contributed by atoms with Crippen LogP contribution in [-0.2, 0) is 6.54 Å². The molecule has 1 fully saturated rings. The van der Waals surface area contributed by atoms with E-state index in [4.69, 9.17) is 5.73 Å². The number of nitrogens with two attached hydrogens (primary N) is 1. The predicted octanol–water partition coefficient (Wildman–Crippen LogP) is 5.21. The van der Waals surface area contributed by atoms with Gasteiger partial charge in [-0.05, 0) is 48.4 Å². The van der Waals surface area contributed by atoms with Crippen LogP contribution in [0.2, 0.25) is 0 Å². The average molecular weight is 334 g/mol. The van der Waals surface area contributed by atoms with Crippen molar-refractivity contribution in [3.63, 3.8) is 0 Å². The Hall–Kier alpha value is -2.29. The van der Waals surface area contributed by atoms with E-state index in [0.717, 1.165) is 28.8 Å². The van der Waals surface area contributed by atoms with Crippen molar-refractivity contribution in [2.75, 3.05) is 0 Å². The van der Waals surface area contributed by atoms with Crippen LogP contribution in [0.15, 0.2) is 36.4 Å². The van der Waals surface area contributed by atoms with Gasteiger partial charge < -0.3 is 10.3 Å². The van der Waals surface area contributed by atoms with Gasteiger partial charge in [0.15, 0.2) is 0 Å². The Morgan fingerprint density at radius 1 is 1.16 bits per heavy atom. The largest absolute Gasteiger partial charge is 0.366 e. The second kappa shape index (κ2) is 6.21. The number of fused-ring (bicyclic) bond motifs is 3. The van der Waals surface area contributed by atoms with E-state index in [2.05, 4.69) is 42.7 Å². The first-order valence-electron chi connectivity index (χ1n) is 9.41. The fourth-order valence-corrected chi connectivity index (χ4v) is 4.37. The molecule has 1 heterocycles. The molecule has 3 heteroatoms. The maximum Gasteiger partial charge on any atom is 0.249 e. The van der Waals surface area contributed by atoms with Crippen molar-refractivity contribution in [3.05, 3.63) is 47.5 Å². The molecule has 0 saturated heterocycles. The lowest BCUT2D eigenvalue weighted by molar-refractivity contribution is 0.100. The Labute approximate surface area is 148 Å². The SMILES string of the molecule is CC(C)c1ccc2c3c(C(N)=O)cccc3n(CC3CCCC3)c2c1. The summed E-state index contributed by atoms with van der Waals surface area (Å²) >= 11 is 0. The summed E-state index contributed by atoms with van der Waals surface area (Å²) in [5.74, 6) is 0.871. The number of carbonyl (C=O) groups is 1. The second-order valence-corrected chi connectivity index (χ2v) is 7.76. The summed E-state index contributed by atoms with van der Waals surface area (Å²) in [4.78, 5) is 12.0. The molecule has 1 saturated carbocycles. The molecule has 1 aliphatic carbocycles. The number of nitrogens with zero attached hydrogens (tertiary/aromatic N) is 1. The minimum absolute atomic E-state index is 0.349. The molecule has 1 amide bonds. The summed E-state index contributed by atoms with van der Waals surface area (Å²) in [6, 6.07) is 12.6. The van der Waals surface area contributed by atoms with Crippen LogP contribution in [0, 0.1) is 5.92 Å². The summed E-state index contributed by atoms with van der Waals surface area (Å²) in [6.07, 6.45) is 5.29. The van der Waals surface area contributed by atoms with Gasteiger partial charge in [-0.2, -0.15) is 0 Å². The molecule has 2 N–H and O–H groups in total. The molecule has 25 heavy (non-hydrogen) atoms. The highest BCUT2D eigenvalue weighted by atomic mass is 16.1. The smallest absolute Gasteiger partial charge is 0.249 e. The molecule has 0 unspecified atom stereocenters. The quantitative estimate of drug-likeness (QED) is 0.700. The number of hydrogen-bond acceptors (Lipinski definition) is 1. The van der Waals surface area contributed by atoms with Gasteiger partial charge in [-0.3, -0.25) is 4.79 Å². The zero-order valence-corrected chi connectivity index (χ0v) is 15.1. The maximum atomic E-state index is 12.0. The minimum Gasteiger partial charge on any atom is -0.366 e. The van der Waals surface area contributed by atoms with E-state index in [9.17, 15) is 4.79 Å². The molecule has 0 atom stereocenters. The molecule has 3 aromatic rings. The Bertz CT molecular complexity index is 945. The second-order valence-electron chi connectivity index (χ2n) is 7.76. The van der Waals surface area contributed by atoms with Gasteiger partial charge in [0, 0.05) is 33.9 Å². The van der Waals surface area contributed by atoms with Crippen LogP contribution in [-0.4, -0.2) is 10.5 Å². The minimum atomic E-state index is -0.349. The fourth-order valence-electron chi connectivity index (χ4n) is 4.37. The Morgan fingerprint density at radius 2 is 1.92 bits per heavy atom. The van der Waals surface area contributed by atoms with E-state index in [0.29, 0.717) is 11.5 Å². The number of rotatable bonds is 4. The number of hydrogen-bond donors (Lipinski definition) is 1. The first-order chi connectivity index (χ1) is 12.1. The molecule has 0 spiro atoms. The molecule has 2 aromatic carbocycles. The van der Waals surface area contributed by atoms with E-state index < -0.39 is 0 Å². The molecule has 130 valence electrons. The normalized spacial score (nSPS) is 15.6. The molecular weight excluding hydrogens is 308 g/mol. The Kier molecular flexibility index (Phi) is 4.03. The molecule has 0 bridgehead atoms. The predicted molar refractivity (Wildman–Crippen MR) is 104 cm³/mol. The topological polar surface area (TPSA) is 48.0 Å². The summed E-state index contributed by atoms with van der Waals surface area (Å²) in [6.45, 7) is 5.48. The Balaban J connectivity index is 2.01. The van der Waals surface area contributed by atoms with E-state index in [1.807, 2.05) is 12.1 Å². The van der Waals surface area contributed by atoms with Gasteiger partial charge in [-0.1, -0.05) is 44.9 Å². The lowest BCUT2D eigenvalue weighted by atomic mass is 10.00. The van der Waals surface area contributed by atoms with Crippen molar-refractivity contribution in [1.29, 1.82) is 0 Å². The summed E-state index contributed by atoms with van der Waals surface area (Å²) in [5.41, 5.74) is 10.0. The van der Waals surface area contributed by atoms with Crippen LogP contribution in [0.5, 0.6) is 0 Å². The van der Waals surface area contributed by atoms with Crippen LogP contribution in [0.3, 0.4) is 0 Å². The van der Waals surface area contributed by atoms with Gasteiger partial charge in [0.2, 0.25) is 5.91 Å². The van der Waals surface area contributed by atoms with Gasteiger partial charge in [0.05, 0.1) is 0 Å². The van der Waals surface area contributed by atoms with Crippen LogP contribution in [0.1, 0.15) is 61.4 Å². The number of primary amides is 1. The van der Waals surface area contributed by atoms with Crippen LogP contribution in [0.25, 0.3) is 21.8 Å². The number of amides is 1. The third-order valence-corrected chi connectivity index (χ3v) is 5.76. The molecule has 1 aliphatic rings. The van der Waals surface area contributed by atoms with Gasteiger partial charge in [0.25, 0.3) is 0 Å². The van der Waals surface area contributed by atoms with E-state index in [-0.39, 0.29) is 5.91 Å². The molecule has 0 aliphatic heterocycles. The fraction of sp³-hybridized carbons (Fsp3) is 0.409. The molecular formula is C22H26N2O. The number of aromatic nitrogens is 1. The highest BCUT2D eigenvalue weighted by Crippen LogP contribution is 2.36. The van der Waals surface area contributed by atoms with Crippen LogP contribution in [0.4, 0.5) is 0 Å². The monoisotopic (exact) mass is 334 g/mol. The first-order valence-corrected chi connectivity index (χ1v) is 9.41. The van der Waals surface area contributed by atoms with Crippen molar-refractivity contribution in [3.8, 4) is 0 Å².